The molecule has 1 aromatic carbocycles. The number of nitrogens with two attached hydrogens (primary N) is 1. The van der Waals surface area contributed by atoms with E-state index in [4.69, 9.17) is 5.73 Å². The fraction of sp³-hybridized carbons (Fsp3) is 0.556. The SMILES string of the molecule is CCCCNC(=O)[C@H]1[C@H](C)c2ccccc2N1C(=O)[C@@H](N)CC. The van der Waals surface area contributed by atoms with E-state index in [-0.39, 0.29) is 17.7 Å². The van der Waals surface area contributed by atoms with Gasteiger partial charge in [0.05, 0.1) is 6.04 Å². The minimum Gasteiger partial charge on any atom is -0.354 e. The van der Waals surface area contributed by atoms with E-state index in [9.17, 15) is 9.59 Å². The van der Waals surface area contributed by atoms with Crippen molar-refractivity contribution < 1.29 is 9.59 Å². The fourth-order valence-electron chi connectivity index (χ4n) is 3.08. The number of para-hydroxylation sites is 1. The summed E-state index contributed by atoms with van der Waals surface area (Å²) in [6.45, 7) is 6.59. The van der Waals surface area contributed by atoms with E-state index in [1.807, 2.05) is 38.1 Å². The summed E-state index contributed by atoms with van der Waals surface area (Å²) in [7, 11) is 0. The van der Waals surface area contributed by atoms with Crippen LogP contribution in [0.4, 0.5) is 5.69 Å². The number of nitrogens with one attached hydrogen (secondary N) is 1. The number of anilines is 1. The lowest BCUT2D eigenvalue weighted by Crippen LogP contribution is -2.53. The molecule has 126 valence electrons. The Bertz CT molecular complexity index is 573. The minimum atomic E-state index is -0.584. The molecule has 0 fully saturated rings. The summed E-state index contributed by atoms with van der Waals surface area (Å²) >= 11 is 0. The van der Waals surface area contributed by atoms with Gasteiger partial charge in [0.2, 0.25) is 11.8 Å². The van der Waals surface area contributed by atoms with Crippen LogP contribution in [0.2, 0.25) is 0 Å². The highest BCUT2D eigenvalue weighted by atomic mass is 16.2. The summed E-state index contributed by atoms with van der Waals surface area (Å²) in [4.78, 5) is 27.0. The van der Waals surface area contributed by atoms with Crippen molar-refractivity contribution in [3.63, 3.8) is 0 Å². The van der Waals surface area contributed by atoms with Crippen molar-refractivity contribution in [3.8, 4) is 0 Å². The third-order valence-corrected chi connectivity index (χ3v) is 4.53. The van der Waals surface area contributed by atoms with Crippen molar-refractivity contribution in [2.75, 3.05) is 11.4 Å². The highest BCUT2D eigenvalue weighted by Crippen LogP contribution is 2.41. The predicted octanol–water partition coefficient (Wildman–Crippen LogP) is 2.16. The molecule has 0 saturated heterocycles. The van der Waals surface area contributed by atoms with Crippen molar-refractivity contribution in [1.82, 2.24) is 5.32 Å². The Hall–Kier alpha value is -1.88. The number of rotatable bonds is 6. The number of fused-ring (bicyclic) bond motifs is 1. The minimum absolute atomic E-state index is 0.0409. The first-order valence-electron chi connectivity index (χ1n) is 8.48. The number of unbranched alkanes of at least 4 members (excludes halogenated alkanes) is 1. The second kappa shape index (κ2) is 7.59. The van der Waals surface area contributed by atoms with Crippen molar-refractivity contribution in [2.24, 2.45) is 5.73 Å². The number of hydrogen-bond donors (Lipinski definition) is 2. The molecular formula is C18H27N3O2. The second-order valence-electron chi connectivity index (χ2n) is 6.16. The molecule has 1 aliphatic rings. The lowest BCUT2D eigenvalue weighted by atomic mass is 9.96. The first-order valence-corrected chi connectivity index (χ1v) is 8.48. The first-order chi connectivity index (χ1) is 11.0. The van der Waals surface area contributed by atoms with Gasteiger partial charge in [0, 0.05) is 18.2 Å². The quantitative estimate of drug-likeness (QED) is 0.790. The Balaban J connectivity index is 2.32. The summed E-state index contributed by atoms with van der Waals surface area (Å²) in [6.07, 6.45) is 2.50. The zero-order valence-electron chi connectivity index (χ0n) is 14.2. The van der Waals surface area contributed by atoms with Crippen molar-refractivity contribution in [1.29, 1.82) is 0 Å². The van der Waals surface area contributed by atoms with E-state index in [0.29, 0.717) is 13.0 Å². The van der Waals surface area contributed by atoms with Crippen LogP contribution < -0.4 is 16.0 Å². The zero-order chi connectivity index (χ0) is 17.0. The summed E-state index contributed by atoms with van der Waals surface area (Å²) < 4.78 is 0. The van der Waals surface area contributed by atoms with Crippen LogP contribution in [0.1, 0.15) is 51.5 Å². The molecule has 0 saturated carbocycles. The second-order valence-corrected chi connectivity index (χ2v) is 6.16. The molecule has 1 aromatic rings. The molecule has 5 heteroatoms. The molecule has 23 heavy (non-hydrogen) atoms. The average Bonchev–Trinajstić information content (AvgIpc) is 2.87. The van der Waals surface area contributed by atoms with Crippen molar-refractivity contribution >= 4 is 17.5 Å². The zero-order valence-corrected chi connectivity index (χ0v) is 14.2. The maximum Gasteiger partial charge on any atom is 0.244 e. The highest BCUT2D eigenvalue weighted by molar-refractivity contribution is 6.06. The van der Waals surface area contributed by atoms with Gasteiger partial charge in [-0.1, -0.05) is 45.4 Å². The number of nitrogens with zero attached hydrogens (tertiary/aromatic N) is 1. The van der Waals surface area contributed by atoms with Gasteiger partial charge in [-0.15, -0.1) is 0 Å². The van der Waals surface area contributed by atoms with Crippen LogP contribution in [-0.2, 0) is 9.59 Å². The van der Waals surface area contributed by atoms with Crippen LogP contribution in [0.25, 0.3) is 0 Å². The normalized spacial score (nSPS) is 21.0. The Morgan fingerprint density at radius 2 is 2.00 bits per heavy atom. The van der Waals surface area contributed by atoms with Crippen molar-refractivity contribution in [2.45, 2.75) is 58.0 Å². The standard InChI is InChI=1S/C18H27N3O2/c1-4-6-11-20-17(22)16-12(3)13-9-7-8-10-15(13)21(16)18(23)14(19)5-2/h7-10,12,14,16H,4-6,11,19H2,1-3H3,(H,20,22)/t12-,14+,16-/m1/s1. The van der Waals surface area contributed by atoms with E-state index in [0.717, 1.165) is 24.1 Å². The monoisotopic (exact) mass is 317 g/mol. The van der Waals surface area contributed by atoms with E-state index in [2.05, 4.69) is 12.2 Å². The Morgan fingerprint density at radius 3 is 2.65 bits per heavy atom. The van der Waals surface area contributed by atoms with Crippen LogP contribution in [0, 0.1) is 0 Å². The highest BCUT2D eigenvalue weighted by Gasteiger charge is 2.44. The Kier molecular flexibility index (Phi) is 5.77. The molecule has 1 aliphatic heterocycles. The van der Waals surface area contributed by atoms with Gasteiger partial charge in [-0.3, -0.25) is 14.5 Å². The molecule has 0 spiro atoms. The predicted molar refractivity (Wildman–Crippen MR) is 92.3 cm³/mol. The molecule has 0 aliphatic carbocycles. The van der Waals surface area contributed by atoms with Gasteiger partial charge in [0.1, 0.15) is 6.04 Å². The summed E-state index contributed by atoms with van der Waals surface area (Å²) in [5, 5.41) is 2.96. The van der Waals surface area contributed by atoms with Crippen LogP contribution >= 0.6 is 0 Å². The maximum atomic E-state index is 12.8. The molecule has 5 nitrogen and oxygen atoms in total. The smallest absolute Gasteiger partial charge is 0.244 e. The van der Waals surface area contributed by atoms with E-state index in [1.54, 1.807) is 4.90 Å². The molecule has 2 rings (SSSR count). The third kappa shape index (κ3) is 3.39. The number of amides is 2. The Labute approximate surface area is 138 Å². The summed E-state index contributed by atoms with van der Waals surface area (Å²) in [5.74, 6) is -0.320. The lowest BCUT2D eigenvalue weighted by Gasteiger charge is -2.28. The van der Waals surface area contributed by atoms with Crippen LogP contribution in [0.3, 0.4) is 0 Å². The first kappa shape index (κ1) is 17.5. The van der Waals surface area contributed by atoms with Gasteiger partial charge >= 0.3 is 0 Å². The van der Waals surface area contributed by atoms with Gasteiger partial charge in [-0.05, 0) is 24.5 Å². The molecule has 3 N–H and O–H groups in total. The van der Waals surface area contributed by atoms with Crippen LogP contribution in [0.5, 0.6) is 0 Å². The number of benzene rings is 1. The van der Waals surface area contributed by atoms with Gasteiger partial charge < -0.3 is 11.1 Å². The molecule has 0 aromatic heterocycles. The van der Waals surface area contributed by atoms with E-state index < -0.39 is 12.1 Å². The molecule has 3 atom stereocenters. The summed E-state index contributed by atoms with van der Waals surface area (Å²) in [6, 6.07) is 6.60. The maximum absolute atomic E-state index is 12.8. The largest absolute Gasteiger partial charge is 0.354 e. The van der Waals surface area contributed by atoms with Gasteiger partial charge in [-0.25, -0.2) is 0 Å². The number of carbonyl (C=O) groups excluding carboxylic acids is 2. The van der Waals surface area contributed by atoms with Gasteiger partial charge in [0.15, 0.2) is 0 Å². The number of hydrogen-bond acceptors (Lipinski definition) is 3. The van der Waals surface area contributed by atoms with Gasteiger partial charge in [0.25, 0.3) is 0 Å². The van der Waals surface area contributed by atoms with Crippen molar-refractivity contribution in [3.05, 3.63) is 29.8 Å². The summed E-state index contributed by atoms with van der Waals surface area (Å²) in [5.41, 5.74) is 7.80. The topological polar surface area (TPSA) is 75.4 Å². The molecule has 0 bridgehead atoms. The molecular weight excluding hydrogens is 290 g/mol. The van der Waals surface area contributed by atoms with Crippen LogP contribution in [-0.4, -0.2) is 30.4 Å². The molecule has 0 radical (unpaired) electrons. The third-order valence-electron chi connectivity index (χ3n) is 4.53. The molecule has 0 unspecified atom stereocenters. The Morgan fingerprint density at radius 1 is 1.30 bits per heavy atom. The van der Waals surface area contributed by atoms with E-state index in [1.165, 1.54) is 0 Å². The fourth-order valence-corrected chi connectivity index (χ4v) is 3.08. The molecule has 2 amide bonds. The average molecular weight is 317 g/mol. The lowest BCUT2D eigenvalue weighted by molar-refractivity contribution is -0.127. The molecule has 1 heterocycles. The number of carbonyl (C=O) groups is 2. The van der Waals surface area contributed by atoms with Crippen LogP contribution in [0.15, 0.2) is 24.3 Å². The van der Waals surface area contributed by atoms with Gasteiger partial charge in [-0.2, -0.15) is 0 Å². The van der Waals surface area contributed by atoms with E-state index >= 15 is 0 Å².